The molecule has 1 aromatic heterocycles. The van der Waals surface area contributed by atoms with Crippen molar-refractivity contribution in [2.24, 2.45) is 0 Å². The van der Waals surface area contributed by atoms with Crippen molar-refractivity contribution in [1.29, 1.82) is 0 Å². The number of hydrogen-bond donors (Lipinski definition) is 0. The Morgan fingerprint density at radius 2 is 2.00 bits per heavy atom. The molecule has 82 valence electrons. The van der Waals surface area contributed by atoms with E-state index in [0.29, 0.717) is 16.3 Å². The lowest BCUT2D eigenvalue weighted by Gasteiger charge is -2.10. The van der Waals surface area contributed by atoms with E-state index < -0.39 is 0 Å². The minimum Gasteiger partial charge on any atom is -0.495 e. The normalized spacial score (nSPS) is 10.1. The summed E-state index contributed by atoms with van der Waals surface area (Å²) < 4.78 is 6.89. The molecule has 0 unspecified atom stereocenters. The van der Waals surface area contributed by atoms with E-state index in [1.807, 2.05) is 29.1 Å². The van der Waals surface area contributed by atoms with Crippen LogP contribution in [0.15, 0.2) is 36.7 Å². The topological polar surface area (TPSA) is 31.2 Å². The summed E-state index contributed by atoms with van der Waals surface area (Å²) in [6.07, 6.45) is 4.49. The standard InChI is InChI=1S/C12H10ClNO2/c1-16-12-6-9(8-15)11(7-10(12)13)14-4-2-3-5-14/h2-8H,1H3. The highest BCUT2D eigenvalue weighted by molar-refractivity contribution is 6.32. The average Bonchev–Trinajstić information content (AvgIpc) is 2.82. The Bertz CT molecular complexity index is 506. The predicted octanol–water partition coefficient (Wildman–Crippen LogP) is 2.95. The lowest BCUT2D eigenvalue weighted by molar-refractivity contribution is 0.112. The van der Waals surface area contributed by atoms with Crippen molar-refractivity contribution in [1.82, 2.24) is 4.57 Å². The van der Waals surface area contributed by atoms with Crippen LogP contribution in [-0.2, 0) is 0 Å². The van der Waals surface area contributed by atoms with E-state index in [1.54, 1.807) is 12.1 Å². The van der Waals surface area contributed by atoms with Crippen LogP contribution >= 0.6 is 11.6 Å². The van der Waals surface area contributed by atoms with Crippen LogP contribution in [0, 0.1) is 0 Å². The Morgan fingerprint density at radius 1 is 1.31 bits per heavy atom. The molecule has 0 fully saturated rings. The lowest BCUT2D eigenvalue weighted by atomic mass is 10.2. The van der Waals surface area contributed by atoms with Crippen LogP contribution in [-0.4, -0.2) is 18.0 Å². The fourth-order valence-corrected chi connectivity index (χ4v) is 1.76. The maximum atomic E-state index is 11.0. The number of rotatable bonds is 3. The second-order valence-corrected chi connectivity index (χ2v) is 3.66. The highest BCUT2D eigenvalue weighted by Gasteiger charge is 2.09. The third-order valence-corrected chi connectivity index (χ3v) is 2.61. The highest BCUT2D eigenvalue weighted by atomic mass is 35.5. The fraction of sp³-hybridized carbons (Fsp3) is 0.0833. The predicted molar refractivity (Wildman–Crippen MR) is 62.7 cm³/mol. The molecule has 2 rings (SSSR count). The number of carbonyl (C=O) groups is 1. The van der Waals surface area contributed by atoms with Gasteiger partial charge in [0, 0.05) is 18.0 Å². The first kappa shape index (κ1) is 10.8. The summed E-state index contributed by atoms with van der Waals surface area (Å²) in [6.45, 7) is 0. The van der Waals surface area contributed by atoms with Gasteiger partial charge in [0.25, 0.3) is 0 Å². The zero-order chi connectivity index (χ0) is 11.5. The number of carbonyl (C=O) groups excluding carboxylic acids is 1. The van der Waals surface area contributed by atoms with Crippen molar-refractivity contribution < 1.29 is 9.53 Å². The van der Waals surface area contributed by atoms with Crippen LogP contribution in [0.3, 0.4) is 0 Å². The molecule has 0 N–H and O–H groups in total. The van der Waals surface area contributed by atoms with Crippen molar-refractivity contribution >= 4 is 17.9 Å². The van der Waals surface area contributed by atoms with Gasteiger partial charge in [0.2, 0.25) is 0 Å². The SMILES string of the molecule is COc1cc(C=O)c(-n2cccc2)cc1Cl. The van der Waals surface area contributed by atoms with Crippen molar-refractivity contribution in [3.63, 3.8) is 0 Å². The highest BCUT2D eigenvalue weighted by Crippen LogP contribution is 2.29. The number of halogens is 1. The quantitative estimate of drug-likeness (QED) is 0.766. The van der Waals surface area contributed by atoms with Crippen molar-refractivity contribution in [2.45, 2.75) is 0 Å². The molecule has 0 amide bonds. The summed E-state index contributed by atoms with van der Waals surface area (Å²) in [4.78, 5) is 11.0. The van der Waals surface area contributed by atoms with Gasteiger partial charge in [-0.05, 0) is 24.3 Å². The first-order chi connectivity index (χ1) is 7.76. The maximum Gasteiger partial charge on any atom is 0.152 e. The number of hydrogen-bond acceptors (Lipinski definition) is 2. The molecule has 1 aromatic carbocycles. The van der Waals surface area contributed by atoms with Gasteiger partial charge >= 0.3 is 0 Å². The van der Waals surface area contributed by atoms with Crippen LogP contribution in [0.2, 0.25) is 5.02 Å². The summed E-state index contributed by atoms with van der Waals surface area (Å²) in [6, 6.07) is 7.11. The minimum absolute atomic E-state index is 0.483. The van der Waals surface area contributed by atoms with Gasteiger partial charge in [-0.3, -0.25) is 4.79 Å². The summed E-state index contributed by atoms with van der Waals surface area (Å²) in [5.41, 5.74) is 1.28. The van der Waals surface area contributed by atoms with Crippen LogP contribution in [0.4, 0.5) is 0 Å². The Morgan fingerprint density at radius 3 is 2.56 bits per heavy atom. The molecule has 0 radical (unpaired) electrons. The van der Waals surface area contributed by atoms with E-state index in [9.17, 15) is 4.79 Å². The van der Waals surface area contributed by atoms with Crippen LogP contribution < -0.4 is 4.74 Å². The maximum absolute atomic E-state index is 11.0. The Labute approximate surface area is 98.2 Å². The van der Waals surface area contributed by atoms with Crippen molar-refractivity contribution in [3.05, 3.63) is 47.2 Å². The number of methoxy groups -OCH3 is 1. The monoisotopic (exact) mass is 235 g/mol. The first-order valence-electron chi connectivity index (χ1n) is 4.72. The van der Waals surface area contributed by atoms with Gasteiger partial charge in [-0.25, -0.2) is 0 Å². The number of benzene rings is 1. The van der Waals surface area contributed by atoms with Crippen LogP contribution in [0.5, 0.6) is 5.75 Å². The molecule has 0 aliphatic heterocycles. The molecule has 3 nitrogen and oxygen atoms in total. The molecular weight excluding hydrogens is 226 g/mol. The van der Waals surface area contributed by atoms with E-state index >= 15 is 0 Å². The van der Waals surface area contributed by atoms with E-state index in [4.69, 9.17) is 16.3 Å². The molecule has 2 aromatic rings. The molecule has 16 heavy (non-hydrogen) atoms. The summed E-state index contributed by atoms with van der Waals surface area (Å²) >= 11 is 6.02. The second kappa shape index (κ2) is 4.41. The third kappa shape index (κ3) is 1.82. The van der Waals surface area contributed by atoms with Crippen molar-refractivity contribution in [3.8, 4) is 11.4 Å². The van der Waals surface area contributed by atoms with E-state index in [1.165, 1.54) is 7.11 Å². The van der Waals surface area contributed by atoms with Gasteiger partial charge in [-0.2, -0.15) is 0 Å². The minimum atomic E-state index is 0.483. The van der Waals surface area contributed by atoms with Crippen LogP contribution in [0.25, 0.3) is 5.69 Å². The molecule has 4 heteroatoms. The van der Waals surface area contributed by atoms with Gasteiger partial charge in [0.05, 0.1) is 17.8 Å². The number of aldehydes is 1. The third-order valence-electron chi connectivity index (χ3n) is 2.31. The van der Waals surface area contributed by atoms with E-state index in [-0.39, 0.29) is 0 Å². The van der Waals surface area contributed by atoms with Crippen LogP contribution in [0.1, 0.15) is 10.4 Å². The smallest absolute Gasteiger partial charge is 0.152 e. The molecule has 0 atom stereocenters. The molecular formula is C12H10ClNO2. The second-order valence-electron chi connectivity index (χ2n) is 3.25. The average molecular weight is 236 g/mol. The number of nitrogens with zero attached hydrogens (tertiary/aromatic N) is 1. The molecule has 0 saturated carbocycles. The van der Waals surface area contributed by atoms with E-state index in [2.05, 4.69) is 0 Å². The summed E-state index contributed by atoms with van der Waals surface area (Å²) in [5, 5.41) is 0.483. The Balaban J connectivity index is 2.61. The summed E-state index contributed by atoms with van der Waals surface area (Å²) in [5.74, 6) is 0.500. The summed E-state index contributed by atoms with van der Waals surface area (Å²) in [7, 11) is 1.52. The molecule has 0 aliphatic carbocycles. The Kier molecular flexibility index (Phi) is 2.97. The zero-order valence-corrected chi connectivity index (χ0v) is 9.44. The zero-order valence-electron chi connectivity index (χ0n) is 8.68. The van der Waals surface area contributed by atoms with E-state index in [0.717, 1.165) is 12.0 Å². The van der Waals surface area contributed by atoms with Gasteiger partial charge in [-0.15, -0.1) is 0 Å². The molecule has 0 spiro atoms. The first-order valence-corrected chi connectivity index (χ1v) is 5.10. The largest absolute Gasteiger partial charge is 0.495 e. The van der Waals surface area contributed by atoms with Gasteiger partial charge in [-0.1, -0.05) is 11.6 Å². The van der Waals surface area contributed by atoms with Gasteiger partial charge < -0.3 is 9.30 Å². The van der Waals surface area contributed by atoms with Gasteiger partial charge in [0.1, 0.15) is 5.75 Å². The molecule has 0 saturated heterocycles. The van der Waals surface area contributed by atoms with Gasteiger partial charge in [0.15, 0.2) is 6.29 Å². The molecule has 0 bridgehead atoms. The lowest BCUT2D eigenvalue weighted by Crippen LogP contribution is -1.98. The molecule has 1 heterocycles. The number of aromatic nitrogens is 1. The molecule has 0 aliphatic rings. The number of ether oxygens (including phenoxy) is 1. The Hall–Kier alpha value is -1.74. The fourth-order valence-electron chi connectivity index (χ4n) is 1.53. The van der Waals surface area contributed by atoms with Crippen molar-refractivity contribution in [2.75, 3.05) is 7.11 Å².